The summed E-state index contributed by atoms with van der Waals surface area (Å²) in [6.45, 7) is 4.12. The number of nitrogens with one attached hydrogen (secondary N) is 1. The lowest BCUT2D eigenvalue weighted by Gasteiger charge is -2.11. The second-order valence-electron chi connectivity index (χ2n) is 7.02. The van der Waals surface area contributed by atoms with E-state index in [2.05, 4.69) is 5.32 Å². The van der Waals surface area contributed by atoms with Crippen molar-refractivity contribution in [1.29, 1.82) is 5.26 Å². The molecule has 31 heavy (non-hydrogen) atoms. The van der Waals surface area contributed by atoms with Gasteiger partial charge in [0.2, 0.25) is 0 Å². The third kappa shape index (κ3) is 5.94. The van der Waals surface area contributed by atoms with Gasteiger partial charge in [-0.15, -0.1) is 0 Å². The van der Waals surface area contributed by atoms with E-state index in [9.17, 15) is 14.4 Å². The number of hydrogen-bond donors (Lipinski definition) is 1. The van der Waals surface area contributed by atoms with Crippen LogP contribution in [0.3, 0.4) is 0 Å². The van der Waals surface area contributed by atoms with Crippen LogP contribution in [0.4, 0.5) is 10.1 Å². The minimum absolute atomic E-state index is 0.0906. The molecule has 0 atom stereocenters. The fourth-order valence-electron chi connectivity index (χ4n) is 2.83. The van der Waals surface area contributed by atoms with Crippen molar-refractivity contribution in [1.82, 2.24) is 0 Å². The summed E-state index contributed by atoms with van der Waals surface area (Å²) in [4.78, 5) is 12.6. The molecule has 1 N–H and O–H groups in total. The van der Waals surface area contributed by atoms with Gasteiger partial charge in [0.15, 0.2) is 0 Å². The minimum Gasteiger partial charge on any atom is -0.488 e. The molecule has 0 aliphatic rings. The SMILES string of the molecule is Cc1ccc(NC(=O)/C(C#N)=C/c2cc(Cl)ccc2OCc2ccc(F)cc2)cc1C. The summed E-state index contributed by atoms with van der Waals surface area (Å²) < 4.78 is 18.9. The predicted octanol–water partition coefficient (Wildman–Crippen LogP) is 6.22. The van der Waals surface area contributed by atoms with Crippen LogP contribution in [0.1, 0.15) is 22.3 Å². The Morgan fingerprint density at radius 3 is 2.52 bits per heavy atom. The molecule has 0 fully saturated rings. The molecule has 0 saturated heterocycles. The second-order valence-corrected chi connectivity index (χ2v) is 7.46. The van der Waals surface area contributed by atoms with Crippen LogP contribution in [0, 0.1) is 31.0 Å². The van der Waals surface area contributed by atoms with Gasteiger partial charge in [-0.3, -0.25) is 4.79 Å². The molecule has 4 nitrogen and oxygen atoms in total. The maximum atomic E-state index is 13.1. The highest BCUT2D eigenvalue weighted by Gasteiger charge is 2.13. The van der Waals surface area contributed by atoms with Gasteiger partial charge in [-0.25, -0.2) is 4.39 Å². The number of nitriles is 1. The molecule has 3 aromatic rings. The van der Waals surface area contributed by atoms with Gasteiger partial charge in [-0.2, -0.15) is 5.26 Å². The molecule has 0 aliphatic carbocycles. The van der Waals surface area contributed by atoms with Crippen LogP contribution in [0.15, 0.2) is 66.2 Å². The van der Waals surface area contributed by atoms with Gasteiger partial charge in [0.05, 0.1) is 0 Å². The molecule has 0 saturated carbocycles. The normalized spacial score (nSPS) is 11.0. The Kier molecular flexibility index (Phi) is 7.07. The van der Waals surface area contributed by atoms with Crippen LogP contribution in [0.2, 0.25) is 5.02 Å². The first-order valence-corrected chi connectivity index (χ1v) is 9.90. The van der Waals surface area contributed by atoms with E-state index in [-0.39, 0.29) is 18.0 Å². The molecule has 0 heterocycles. The van der Waals surface area contributed by atoms with Gasteiger partial charge in [0.25, 0.3) is 5.91 Å². The zero-order valence-corrected chi connectivity index (χ0v) is 17.8. The fourth-order valence-corrected chi connectivity index (χ4v) is 3.01. The van der Waals surface area contributed by atoms with Gasteiger partial charge in [-0.1, -0.05) is 29.8 Å². The molecule has 0 aliphatic heterocycles. The van der Waals surface area contributed by atoms with Crippen molar-refractivity contribution in [2.75, 3.05) is 5.32 Å². The van der Waals surface area contributed by atoms with E-state index in [0.717, 1.165) is 16.7 Å². The van der Waals surface area contributed by atoms with Crippen molar-refractivity contribution in [3.8, 4) is 11.8 Å². The Hall–Kier alpha value is -3.62. The summed E-state index contributed by atoms with van der Waals surface area (Å²) in [6, 6.07) is 18.3. The molecular formula is C25H20ClFN2O2. The Morgan fingerprint density at radius 2 is 1.84 bits per heavy atom. The fraction of sp³-hybridized carbons (Fsp3) is 0.120. The lowest BCUT2D eigenvalue weighted by Crippen LogP contribution is -2.13. The third-order valence-electron chi connectivity index (χ3n) is 4.71. The van der Waals surface area contributed by atoms with E-state index in [1.165, 1.54) is 18.2 Å². The molecule has 3 aromatic carbocycles. The second kappa shape index (κ2) is 9.92. The highest BCUT2D eigenvalue weighted by atomic mass is 35.5. The lowest BCUT2D eigenvalue weighted by atomic mass is 10.1. The maximum absolute atomic E-state index is 13.1. The molecule has 3 rings (SSSR count). The first kappa shape index (κ1) is 22.1. The molecule has 0 radical (unpaired) electrons. The maximum Gasteiger partial charge on any atom is 0.266 e. The average molecular weight is 435 g/mol. The zero-order chi connectivity index (χ0) is 22.4. The summed E-state index contributed by atoms with van der Waals surface area (Å²) in [7, 11) is 0. The topological polar surface area (TPSA) is 62.1 Å². The van der Waals surface area contributed by atoms with Gasteiger partial charge in [-0.05, 0) is 79.1 Å². The van der Waals surface area contributed by atoms with Crippen molar-refractivity contribution in [2.45, 2.75) is 20.5 Å². The quantitative estimate of drug-likeness (QED) is 0.370. The highest BCUT2D eigenvalue weighted by Crippen LogP contribution is 2.27. The zero-order valence-electron chi connectivity index (χ0n) is 17.1. The van der Waals surface area contributed by atoms with E-state index in [0.29, 0.717) is 22.0 Å². The largest absolute Gasteiger partial charge is 0.488 e. The van der Waals surface area contributed by atoms with E-state index in [4.69, 9.17) is 16.3 Å². The number of anilines is 1. The van der Waals surface area contributed by atoms with Crippen LogP contribution in [-0.4, -0.2) is 5.91 Å². The molecule has 0 unspecified atom stereocenters. The number of ether oxygens (including phenoxy) is 1. The number of amides is 1. The number of halogens is 2. The average Bonchev–Trinajstić information content (AvgIpc) is 2.75. The Labute approximate surface area is 185 Å². The number of benzene rings is 3. The molecule has 6 heteroatoms. The van der Waals surface area contributed by atoms with Crippen molar-refractivity contribution < 1.29 is 13.9 Å². The number of nitrogens with zero attached hydrogens (tertiary/aromatic N) is 1. The molecule has 0 bridgehead atoms. The molecule has 0 aromatic heterocycles. The Morgan fingerprint density at radius 1 is 1.10 bits per heavy atom. The third-order valence-corrected chi connectivity index (χ3v) is 4.94. The standard InChI is InChI=1S/C25H20ClFN2O2/c1-16-3-9-23(11-17(16)2)29-25(30)20(14-28)12-19-13-21(26)6-10-24(19)31-15-18-4-7-22(27)8-5-18/h3-13H,15H2,1-2H3,(H,29,30)/b20-12+. The van der Waals surface area contributed by atoms with Crippen LogP contribution in [-0.2, 0) is 11.4 Å². The first-order chi connectivity index (χ1) is 14.9. The highest BCUT2D eigenvalue weighted by molar-refractivity contribution is 6.30. The minimum atomic E-state index is -0.532. The van der Waals surface area contributed by atoms with E-state index < -0.39 is 5.91 Å². The number of hydrogen-bond acceptors (Lipinski definition) is 3. The molecule has 1 amide bonds. The van der Waals surface area contributed by atoms with Crippen LogP contribution in [0.5, 0.6) is 5.75 Å². The van der Waals surface area contributed by atoms with Crippen molar-refractivity contribution in [3.63, 3.8) is 0 Å². The number of carbonyl (C=O) groups excluding carboxylic acids is 1. The molecular weight excluding hydrogens is 415 g/mol. The molecule has 0 spiro atoms. The summed E-state index contributed by atoms with van der Waals surface area (Å²) in [6.07, 6.45) is 1.43. The number of carbonyl (C=O) groups is 1. The predicted molar refractivity (Wildman–Crippen MR) is 120 cm³/mol. The van der Waals surface area contributed by atoms with E-state index in [1.54, 1.807) is 36.4 Å². The van der Waals surface area contributed by atoms with Gasteiger partial charge < -0.3 is 10.1 Å². The number of aryl methyl sites for hydroxylation is 2. The monoisotopic (exact) mass is 434 g/mol. The van der Waals surface area contributed by atoms with Crippen molar-refractivity contribution >= 4 is 29.3 Å². The summed E-state index contributed by atoms with van der Waals surface area (Å²) >= 11 is 6.11. The van der Waals surface area contributed by atoms with Crippen LogP contribution >= 0.6 is 11.6 Å². The van der Waals surface area contributed by atoms with Crippen molar-refractivity contribution in [2.24, 2.45) is 0 Å². The Bertz CT molecular complexity index is 1180. The van der Waals surface area contributed by atoms with Crippen LogP contribution < -0.4 is 10.1 Å². The Balaban J connectivity index is 1.82. The summed E-state index contributed by atoms with van der Waals surface area (Å²) in [5, 5.41) is 12.7. The first-order valence-electron chi connectivity index (χ1n) is 9.53. The number of rotatable bonds is 6. The summed E-state index contributed by atoms with van der Waals surface area (Å²) in [5.74, 6) is -0.414. The lowest BCUT2D eigenvalue weighted by molar-refractivity contribution is -0.112. The van der Waals surface area contributed by atoms with Crippen molar-refractivity contribution in [3.05, 3.63) is 99.3 Å². The molecule has 156 valence electrons. The van der Waals surface area contributed by atoms with Crippen LogP contribution in [0.25, 0.3) is 6.08 Å². The van der Waals surface area contributed by atoms with Gasteiger partial charge in [0.1, 0.15) is 29.8 Å². The summed E-state index contributed by atoms with van der Waals surface area (Å²) in [5.41, 5.74) is 3.92. The van der Waals surface area contributed by atoms with Gasteiger partial charge >= 0.3 is 0 Å². The van der Waals surface area contributed by atoms with E-state index in [1.807, 2.05) is 32.0 Å². The van der Waals surface area contributed by atoms with E-state index >= 15 is 0 Å². The smallest absolute Gasteiger partial charge is 0.266 e. The van der Waals surface area contributed by atoms with Gasteiger partial charge in [0, 0.05) is 16.3 Å².